The quantitative estimate of drug-likeness (QED) is 0.901. The Kier molecular flexibility index (Phi) is 3.98. The van der Waals surface area contributed by atoms with E-state index in [1.54, 1.807) is 24.1 Å². The molecule has 96 valence electrons. The van der Waals surface area contributed by atoms with Crippen molar-refractivity contribution in [2.75, 3.05) is 22.9 Å². The van der Waals surface area contributed by atoms with Crippen molar-refractivity contribution in [1.29, 1.82) is 0 Å². The van der Waals surface area contributed by atoms with Gasteiger partial charge in [0.25, 0.3) is 0 Å². The van der Waals surface area contributed by atoms with Crippen LogP contribution in [-0.4, -0.2) is 27.8 Å². The molecule has 0 fully saturated rings. The fourth-order valence-electron chi connectivity index (χ4n) is 1.35. The van der Waals surface area contributed by atoms with Crippen molar-refractivity contribution in [2.45, 2.75) is 19.9 Å². The van der Waals surface area contributed by atoms with Crippen molar-refractivity contribution in [3.8, 4) is 0 Å². The Balaban J connectivity index is 3.02. The number of hydrogen-bond acceptors (Lipinski definition) is 3. The van der Waals surface area contributed by atoms with Crippen LogP contribution in [0.25, 0.3) is 0 Å². The highest BCUT2D eigenvalue weighted by Crippen LogP contribution is 2.23. The van der Waals surface area contributed by atoms with E-state index in [2.05, 4.69) is 4.72 Å². The van der Waals surface area contributed by atoms with Gasteiger partial charge < -0.3 is 4.90 Å². The third-order valence-electron chi connectivity index (χ3n) is 2.41. The predicted octanol–water partition coefficient (Wildman–Crippen LogP) is 2.04. The first-order chi connectivity index (χ1) is 7.70. The maximum absolute atomic E-state index is 13.8. The largest absolute Gasteiger partial charge is 0.370 e. The molecule has 0 bridgehead atoms. The average molecular weight is 260 g/mol. The van der Waals surface area contributed by atoms with E-state index in [4.69, 9.17) is 0 Å². The summed E-state index contributed by atoms with van der Waals surface area (Å²) in [5.41, 5.74) is 0.671. The van der Waals surface area contributed by atoms with E-state index < -0.39 is 15.8 Å². The van der Waals surface area contributed by atoms with E-state index >= 15 is 0 Å². The van der Waals surface area contributed by atoms with Gasteiger partial charge >= 0.3 is 0 Å². The molecule has 0 spiro atoms. The summed E-state index contributed by atoms with van der Waals surface area (Å²) in [5.74, 6) is -0.449. The molecule has 0 aliphatic carbocycles. The molecule has 0 saturated carbocycles. The minimum atomic E-state index is -3.37. The molecule has 0 unspecified atom stereocenters. The molecule has 1 aromatic rings. The molecule has 0 amide bonds. The third-order valence-corrected chi connectivity index (χ3v) is 3.01. The average Bonchev–Trinajstić information content (AvgIpc) is 2.14. The van der Waals surface area contributed by atoms with Crippen LogP contribution in [0.3, 0.4) is 0 Å². The lowest BCUT2D eigenvalue weighted by Gasteiger charge is -2.24. The zero-order valence-electron chi connectivity index (χ0n) is 10.4. The molecule has 4 nitrogen and oxygen atoms in total. The summed E-state index contributed by atoms with van der Waals surface area (Å²) in [7, 11) is -1.59. The standard InChI is InChI=1S/C11H17FN2O2S/c1-8(2)14(3)11-6-5-9(7-10(11)12)13-17(4,15)16/h5-8,13H,1-4H3. The van der Waals surface area contributed by atoms with Gasteiger partial charge in [0.2, 0.25) is 10.0 Å². The number of anilines is 2. The van der Waals surface area contributed by atoms with Gasteiger partial charge in [0.05, 0.1) is 17.6 Å². The van der Waals surface area contributed by atoms with Crippen LogP contribution >= 0.6 is 0 Å². The molecule has 1 rings (SSSR count). The highest BCUT2D eigenvalue weighted by molar-refractivity contribution is 7.92. The second-order valence-corrected chi connectivity index (χ2v) is 5.99. The van der Waals surface area contributed by atoms with Crippen molar-refractivity contribution in [2.24, 2.45) is 0 Å². The number of rotatable bonds is 4. The number of benzene rings is 1. The lowest BCUT2D eigenvalue weighted by molar-refractivity contribution is 0.606. The van der Waals surface area contributed by atoms with Gasteiger partial charge in [0, 0.05) is 19.2 Å². The second kappa shape index (κ2) is 4.91. The Morgan fingerprint density at radius 1 is 1.35 bits per heavy atom. The van der Waals surface area contributed by atoms with Crippen LogP contribution in [-0.2, 0) is 10.0 Å². The lowest BCUT2D eigenvalue weighted by atomic mass is 10.2. The SMILES string of the molecule is CC(C)N(C)c1ccc(NS(C)(=O)=O)cc1F. The summed E-state index contributed by atoms with van der Waals surface area (Å²) in [4.78, 5) is 1.78. The van der Waals surface area contributed by atoms with Crippen molar-refractivity contribution < 1.29 is 12.8 Å². The Hall–Kier alpha value is -1.30. The summed E-state index contributed by atoms with van der Waals surface area (Å²) < 4.78 is 38.0. The molecule has 0 heterocycles. The van der Waals surface area contributed by atoms with Crippen LogP contribution in [0.15, 0.2) is 18.2 Å². The molecule has 0 atom stereocenters. The van der Waals surface area contributed by atoms with Gasteiger partial charge in [-0.3, -0.25) is 4.72 Å². The first kappa shape index (κ1) is 13.8. The van der Waals surface area contributed by atoms with Crippen molar-refractivity contribution >= 4 is 21.4 Å². The maximum Gasteiger partial charge on any atom is 0.229 e. The highest BCUT2D eigenvalue weighted by atomic mass is 32.2. The summed E-state index contributed by atoms with van der Waals surface area (Å²) in [6.45, 7) is 3.89. The molecule has 17 heavy (non-hydrogen) atoms. The number of sulfonamides is 1. The zero-order chi connectivity index (χ0) is 13.2. The minimum Gasteiger partial charge on any atom is -0.370 e. The van der Waals surface area contributed by atoms with E-state index in [0.29, 0.717) is 5.69 Å². The van der Waals surface area contributed by atoms with Crippen LogP contribution in [0, 0.1) is 5.82 Å². The van der Waals surface area contributed by atoms with Gasteiger partial charge in [-0.05, 0) is 26.0 Å². The van der Waals surface area contributed by atoms with E-state index in [-0.39, 0.29) is 11.7 Å². The lowest BCUT2D eigenvalue weighted by Crippen LogP contribution is -2.26. The summed E-state index contributed by atoms with van der Waals surface area (Å²) in [6.07, 6.45) is 1.03. The minimum absolute atomic E-state index is 0.165. The van der Waals surface area contributed by atoms with Crippen LogP contribution < -0.4 is 9.62 Å². The highest BCUT2D eigenvalue weighted by Gasteiger charge is 2.12. The number of nitrogens with one attached hydrogen (secondary N) is 1. The van der Waals surface area contributed by atoms with E-state index in [9.17, 15) is 12.8 Å². The van der Waals surface area contributed by atoms with Gasteiger partial charge in [-0.15, -0.1) is 0 Å². The number of nitrogens with zero attached hydrogens (tertiary/aromatic N) is 1. The first-order valence-corrected chi connectivity index (χ1v) is 7.10. The second-order valence-electron chi connectivity index (χ2n) is 4.25. The van der Waals surface area contributed by atoms with Crippen LogP contribution in [0.1, 0.15) is 13.8 Å². The zero-order valence-corrected chi connectivity index (χ0v) is 11.2. The molecule has 0 radical (unpaired) electrons. The van der Waals surface area contributed by atoms with Gasteiger partial charge in [-0.1, -0.05) is 0 Å². The topological polar surface area (TPSA) is 49.4 Å². The van der Waals surface area contributed by atoms with Gasteiger partial charge in [-0.2, -0.15) is 0 Å². The fourth-order valence-corrected chi connectivity index (χ4v) is 1.90. The molecular formula is C11H17FN2O2S. The Bertz CT molecular complexity index is 500. The molecule has 0 aliphatic heterocycles. The van der Waals surface area contributed by atoms with Crippen LogP contribution in [0.4, 0.5) is 15.8 Å². The molecular weight excluding hydrogens is 243 g/mol. The van der Waals surface area contributed by atoms with Gasteiger partial charge in [0.1, 0.15) is 5.82 Å². The summed E-state index contributed by atoms with van der Waals surface area (Å²) >= 11 is 0. The number of halogens is 1. The van der Waals surface area contributed by atoms with Crippen LogP contribution in [0.5, 0.6) is 0 Å². The van der Waals surface area contributed by atoms with E-state index in [1.165, 1.54) is 6.07 Å². The van der Waals surface area contributed by atoms with Gasteiger partial charge in [0.15, 0.2) is 0 Å². The Morgan fingerprint density at radius 2 is 1.94 bits per heavy atom. The fraction of sp³-hybridized carbons (Fsp3) is 0.455. The molecule has 0 aromatic heterocycles. The molecule has 6 heteroatoms. The van der Waals surface area contributed by atoms with Crippen molar-refractivity contribution in [1.82, 2.24) is 0 Å². The summed E-state index contributed by atoms with van der Waals surface area (Å²) in [6, 6.07) is 4.44. The third kappa shape index (κ3) is 3.89. The maximum atomic E-state index is 13.8. The number of hydrogen-bond donors (Lipinski definition) is 1. The molecule has 0 aliphatic rings. The van der Waals surface area contributed by atoms with Crippen molar-refractivity contribution in [3.63, 3.8) is 0 Å². The normalized spacial score (nSPS) is 11.6. The summed E-state index contributed by atoms with van der Waals surface area (Å²) in [5, 5.41) is 0. The van der Waals surface area contributed by atoms with Crippen molar-refractivity contribution in [3.05, 3.63) is 24.0 Å². The Labute approximate surface area is 101 Å². The van der Waals surface area contributed by atoms with Gasteiger partial charge in [-0.25, -0.2) is 12.8 Å². The monoisotopic (exact) mass is 260 g/mol. The first-order valence-electron chi connectivity index (χ1n) is 5.21. The predicted molar refractivity (Wildman–Crippen MR) is 68.4 cm³/mol. The molecule has 0 saturated heterocycles. The smallest absolute Gasteiger partial charge is 0.229 e. The van der Waals surface area contributed by atoms with E-state index in [1.807, 2.05) is 13.8 Å². The Morgan fingerprint density at radius 3 is 2.35 bits per heavy atom. The molecule has 1 aromatic carbocycles. The van der Waals surface area contributed by atoms with E-state index in [0.717, 1.165) is 6.26 Å². The molecule has 1 N–H and O–H groups in total. The van der Waals surface area contributed by atoms with Crippen LogP contribution in [0.2, 0.25) is 0 Å².